The molecule has 6 heteroatoms. The fourth-order valence-electron chi connectivity index (χ4n) is 1.71. The maximum absolute atomic E-state index is 5.31. The topological polar surface area (TPSA) is 55.7 Å². The summed E-state index contributed by atoms with van der Waals surface area (Å²) in [5, 5.41) is 0. The minimum absolute atomic E-state index is 0.531. The number of aromatic amines is 1. The zero-order chi connectivity index (χ0) is 12.4. The predicted octanol–water partition coefficient (Wildman–Crippen LogP) is 2.54. The molecule has 0 aromatic carbocycles. The van der Waals surface area contributed by atoms with Gasteiger partial charge in [-0.05, 0) is 18.1 Å². The van der Waals surface area contributed by atoms with Gasteiger partial charge in [-0.1, -0.05) is 20.3 Å². The van der Waals surface area contributed by atoms with Gasteiger partial charge in [0.25, 0.3) is 0 Å². The molecule has 0 spiro atoms. The molecule has 0 fully saturated rings. The molecule has 1 unspecified atom stereocenters. The van der Waals surface area contributed by atoms with E-state index in [1.807, 2.05) is 4.57 Å². The van der Waals surface area contributed by atoms with Crippen molar-refractivity contribution in [1.29, 1.82) is 0 Å². The summed E-state index contributed by atoms with van der Waals surface area (Å²) >= 11 is 5.31. The van der Waals surface area contributed by atoms with Crippen LogP contribution in [0.3, 0.4) is 0 Å². The molecule has 2 aromatic rings. The van der Waals surface area contributed by atoms with Gasteiger partial charge >= 0.3 is 0 Å². The minimum atomic E-state index is 0.531. The second kappa shape index (κ2) is 4.83. The molecule has 0 saturated carbocycles. The molecule has 17 heavy (non-hydrogen) atoms. The van der Waals surface area contributed by atoms with Crippen molar-refractivity contribution < 1.29 is 4.74 Å². The van der Waals surface area contributed by atoms with Crippen LogP contribution in [0.15, 0.2) is 6.33 Å². The monoisotopic (exact) mass is 252 g/mol. The van der Waals surface area contributed by atoms with Crippen LogP contribution in [-0.4, -0.2) is 26.6 Å². The third kappa shape index (κ3) is 2.17. The number of hydrogen-bond acceptors (Lipinski definition) is 4. The van der Waals surface area contributed by atoms with Crippen LogP contribution >= 0.6 is 12.2 Å². The molecule has 0 radical (unpaired) electrons. The van der Waals surface area contributed by atoms with Crippen molar-refractivity contribution in [2.45, 2.75) is 26.8 Å². The largest absolute Gasteiger partial charge is 0.479 e. The van der Waals surface area contributed by atoms with Crippen LogP contribution in [0.5, 0.6) is 5.88 Å². The highest BCUT2D eigenvalue weighted by atomic mass is 32.1. The molecule has 0 bridgehead atoms. The molecule has 1 atom stereocenters. The molecule has 5 nitrogen and oxygen atoms in total. The summed E-state index contributed by atoms with van der Waals surface area (Å²) in [5.41, 5.74) is 1.57. The van der Waals surface area contributed by atoms with Crippen LogP contribution < -0.4 is 4.74 Å². The molecule has 0 amide bonds. The van der Waals surface area contributed by atoms with E-state index in [4.69, 9.17) is 17.0 Å². The van der Waals surface area contributed by atoms with Crippen LogP contribution in [0.25, 0.3) is 11.2 Å². The average Bonchev–Trinajstić information content (AvgIpc) is 2.66. The first-order valence-corrected chi connectivity index (χ1v) is 6.05. The zero-order valence-corrected chi connectivity index (χ0v) is 11.0. The van der Waals surface area contributed by atoms with E-state index in [9.17, 15) is 0 Å². The summed E-state index contributed by atoms with van der Waals surface area (Å²) in [6.45, 7) is 5.22. The molecule has 92 valence electrons. The molecular weight excluding hydrogens is 236 g/mol. The van der Waals surface area contributed by atoms with Crippen molar-refractivity contribution in [1.82, 2.24) is 19.5 Å². The van der Waals surface area contributed by atoms with Crippen LogP contribution in [0.4, 0.5) is 0 Å². The number of rotatable bonds is 4. The van der Waals surface area contributed by atoms with Crippen molar-refractivity contribution in [2.24, 2.45) is 5.92 Å². The Balaban J connectivity index is 2.56. The third-order valence-electron chi connectivity index (χ3n) is 2.91. The van der Waals surface area contributed by atoms with E-state index in [0.717, 1.165) is 24.1 Å². The Kier molecular flexibility index (Phi) is 3.42. The zero-order valence-electron chi connectivity index (χ0n) is 10.2. The van der Waals surface area contributed by atoms with Gasteiger partial charge in [-0.2, -0.15) is 4.98 Å². The van der Waals surface area contributed by atoms with Crippen LogP contribution in [0, 0.1) is 10.7 Å². The quantitative estimate of drug-likeness (QED) is 0.850. The van der Waals surface area contributed by atoms with Gasteiger partial charge in [-0.3, -0.25) is 0 Å². The number of ether oxygens (including phenoxy) is 1. The van der Waals surface area contributed by atoms with Gasteiger partial charge in [0.15, 0.2) is 10.4 Å². The van der Waals surface area contributed by atoms with Crippen LogP contribution in [-0.2, 0) is 6.54 Å². The number of nitrogens with zero attached hydrogens (tertiary/aromatic N) is 3. The van der Waals surface area contributed by atoms with Gasteiger partial charge < -0.3 is 14.3 Å². The smallest absolute Gasteiger partial charge is 0.242 e. The van der Waals surface area contributed by atoms with E-state index < -0.39 is 0 Å². The standard InChI is InChI=1S/C11H16N4OS/c1-4-7(2)5-15-9-8(14-11(15)17)10(16-3)13-6-12-9/h6-7H,4-5H2,1-3H3,(H,14,17). The summed E-state index contributed by atoms with van der Waals surface area (Å²) in [6.07, 6.45) is 2.60. The molecule has 0 saturated heterocycles. The van der Waals surface area contributed by atoms with Crippen molar-refractivity contribution in [3.8, 4) is 5.88 Å². The lowest BCUT2D eigenvalue weighted by Gasteiger charge is -2.09. The first kappa shape index (κ1) is 12.0. The summed E-state index contributed by atoms with van der Waals surface area (Å²) in [4.78, 5) is 11.4. The second-order valence-electron chi connectivity index (χ2n) is 4.14. The van der Waals surface area contributed by atoms with E-state index in [0.29, 0.717) is 16.6 Å². The van der Waals surface area contributed by atoms with E-state index in [-0.39, 0.29) is 0 Å². The molecule has 0 aliphatic heterocycles. The number of nitrogens with one attached hydrogen (secondary N) is 1. The highest BCUT2D eigenvalue weighted by molar-refractivity contribution is 7.71. The predicted molar refractivity (Wildman–Crippen MR) is 68.7 cm³/mol. The van der Waals surface area contributed by atoms with Gasteiger partial charge in [-0.25, -0.2) is 4.98 Å². The molecule has 0 aliphatic carbocycles. The Bertz CT molecular complexity index is 574. The lowest BCUT2D eigenvalue weighted by atomic mass is 10.1. The van der Waals surface area contributed by atoms with Crippen molar-refractivity contribution in [3.63, 3.8) is 0 Å². The number of hydrogen-bond donors (Lipinski definition) is 1. The number of fused-ring (bicyclic) bond motifs is 1. The van der Waals surface area contributed by atoms with Crippen molar-refractivity contribution in [2.75, 3.05) is 7.11 Å². The van der Waals surface area contributed by atoms with Gasteiger partial charge in [0, 0.05) is 6.54 Å². The number of aromatic nitrogens is 4. The Labute approximate surface area is 105 Å². The van der Waals surface area contributed by atoms with Crippen LogP contribution in [0.1, 0.15) is 20.3 Å². The Morgan fingerprint density at radius 3 is 2.94 bits per heavy atom. The summed E-state index contributed by atoms with van der Waals surface area (Å²) < 4.78 is 7.85. The highest BCUT2D eigenvalue weighted by Crippen LogP contribution is 2.21. The maximum Gasteiger partial charge on any atom is 0.242 e. The summed E-state index contributed by atoms with van der Waals surface area (Å²) in [6, 6.07) is 0. The van der Waals surface area contributed by atoms with E-state index in [1.165, 1.54) is 6.33 Å². The molecule has 2 heterocycles. The number of methoxy groups -OCH3 is 1. The Morgan fingerprint density at radius 1 is 1.53 bits per heavy atom. The molecule has 2 rings (SSSR count). The molecule has 0 aliphatic rings. The van der Waals surface area contributed by atoms with E-state index >= 15 is 0 Å². The lowest BCUT2D eigenvalue weighted by Crippen LogP contribution is -2.07. The molecule has 1 N–H and O–H groups in total. The number of H-pyrrole nitrogens is 1. The molecule has 2 aromatic heterocycles. The van der Waals surface area contributed by atoms with Gasteiger partial charge in [-0.15, -0.1) is 0 Å². The van der Waals surface area contributed by atoms with Gasteiger partial charge in [0.1, 0.15) is 11.8 Å². The van der Waals surface area contributed by atoms with E-state index in [2.05, 4.69) is 28.8 Å². The maximum atomic E-state index is 5.31. The first-order chi connectivity index (χ1) is 8.17. The number of imidazole rings is 1. The average molecular weight is 252 g/mol. The van der Waals surface area contributed by atoms with Crippen molar-refractivity contribution >= 4 is 23.4 Å². The summed E-state index contributed by atoms with van der Waals surface area (Å²) in [5.74, 6) is 1.09. The molecular formula is C11H16N4OS. The van der Waals surface area contributed by atoms with Crippen molar-refractivity contribution in [3.05, 3.63) is 11.1 Å². The minimum Gasteiger partial charge on any atom is -0.479 e. The van der Waals surface area contributed by atoms with Gasteiger partial charge in [0.05, 0.1) is 7.11 Å². The highest BCUT2D eigenvalue weighted by Gasteiger charge is 2.12. The normalized spacial score (nSPS) is 12.9. The Morgan fingerprint density at radius 2 is 2.29 bits per heavy atom. The fourth-order valence-corrected chi connectivity index (χ4v) is 1.97. The first-order valence-electron chi connectivity index (χ1n) is 5.64. The second-order valence-corrected chi connectivity index (χ2v) is 4.52. The van der Waals surface area contributed by atoms with Gasteiger partial charge in [0.2, 0.25) is 5.88 Å². The lowest BCUT2D eigenvalue weighted by molar-refractivity contribution is 0.401. The van der Waals surface area contributed by atoms with E-state index in [1.54, 1.807) is 7.11 Å². The Hall–Kier alpha value is -1.43. The third-order valence-corrected chi connectivity index (χ3v) is 3.23. The van der Waals surface area contributed by atoms with Crippen LogP contribution in [0.2, 0.25) is 0 Å². The SMILES string of the molecule is CCC(C)Cn1c(=S)[nH]c2c(OC)ncnc21. The fraction of sp³-hybridized carbons (Fsp3) is 0.545. The summed E-state index contributed by atoms with van der Waals surface area (Å²) in [7, 11) is 1.59.